The lowest BCUT2D eigenvalue weighted by Gasteiger charge is -2.16. The van der Waals surface area contributed by atoms with E-state index in [1.54, 1.807) is 30.3 Å². The van der Waals surface area contributed by atoms with Gasteiger partial charge in [0.15, 0.2) is 17.1 Å². The van der Waals surface area contributed by atoms with Crippen molar-refractivity contribution in [3.05, 3.63) is 51.2 Å². The first kappa shape index (κ1) is 26.3. The van der Waals surface area contributed by atoms with E-state index in [0.29, 0.717) is 55.5 Å². The number of nitrogens with zero attached hydrogens (tertiary/aromatic N) is 3. The summed E-state index contributed by atoms with van der Waals surface area (Å²) in [6.07, 6.45) is -0.447. The van der Waals surface area contributed by atoms with E-state index in [4.69, 9.17) is 49.0 Å². The number of anilines is 1. The fourth-order valence-corrected chi connectivity index (χ4v) is 4.45. The Labute approximate surface area is 216 Å². The maximum absolute atomic E-state index is 12.6. The van der Waals surface area contributed by atoms with Gasteiger partial charge in [-0.25, -0.2) is 0 Å². The molecule has 1 N–H and O–H groups in total. The summed E-state index contributed by atoms with van der Waals surface area (Å²) in [5.74, 6) is 1.75. The van der Waals surface area contributed by atoms with Gasteiger partial charge in [-0.15, -0.1) is 10.2 Å². The first-order valence-corrected chi connectivity index (χ1v) is 12.3. The average Bonchev–Trinajstić information content (AvgIpc) is 3.24. The van der Waals surface area contributed by atoms with Crippen LogP contribution in [-0.4, -0.2) is 40.6 Å². The van der Waals surface area contributed by atoms with Crippen LogP contribution in [0.1, 0.15) is 25.8 Å². The van der Waals surface area contributed by atoms with Crippen LogP contribution < -0.4 is 19.5 Å². The van der Waals surface area contributed by atoms with E-state index in [2.05, 4.69) is 15.5 Å². The first-order chi connectivity index (χ1) is 16.3. The van der Waals surface area contributed by atoms with Crippen LogP contribution in [0, 0.1) is 0 Å². The number of benzene rings is 2. The number of thioether (sulfide) groups is 1. The maximum Gasteiger partial charge on any atom is 0.234 e. The number of carbonyl (C=O) groups excluding carboxylic acids is 1. The number of ether oxygens (including phenoxy) is 3. The van der Waals surface area contributed by atoms with Crippen molar-refractivity contribution in [2.75, 3.05) is 25.3 Å². The van der Waals surface area contributed by atoms with Crippen molar-refractivity contribution in [1.82, 2.24) is 14.8 Å². The van der Waals surface area contributed by atoms with Crippen molar-refractivity contribution in [3.63, 3.8) is 0 Å². The third kappa shape index (κ3) is 6.21. The molecule has 1 aromatic heterocycles. The molecule has 0 fully saturated rings. The van der Waals surface area contributed by atoms with Gasteiger partial charge < -0.3 is 24.1 Å². The van der Waals surface area contributed by atoms with Crippen LogP contribution in [0.4, 0.5) is 5.69 Å². The fourth-order valence-electron chi connectivity index (χ4n) is 3.09. The molecule has 0 aliphatic carbocycles. The predicted octanol–water partition coefficient (Wildman–Crippen LogP) is 6.15. The molecule has 182 valence electrons. The van der Waals surface area contributed by atoms with Crippen molar-refractivity contribution in [2.45, 2.75) is 31.7 Å². The molecular weight excluding hydrogens is 523 g/mol. The molecule has 0 bridgehead atoms. The van der Waals surface area contributed by atoms with Crippen LogP contribution >= 0.6 is 46.6 Å². The number of aromatic nitrogens is 3. The Morgan fingerprint density at radius 1 is 1.06 bits per heavy atom. The minimum Gasteiger partial charge on any atom is -0.495 e. The number of rotatable bonds is 10. The largest absolute Gasteiger partial charge is 0.495 e. The summed E-state index contributed by atoms with van der Waals surface area (Å²) in [7, 11) is 2.99. The number of amides is 1. The number of nitrogens with one attached hydrogen (secondary N) is 1. The summed E-state index contributed by atoms with van der Waals surface area (Å²) in [5, 5.41) is 13.2. The molecule has 2 aromatic carbocycles. The minimum atomic E-state index is -0.447. The number of carbonyl (C=O) groups is 1. The highest BCUT2D eigenvalue weighted by Gasteiger charge is 2.21. The van der Waals surface area contributed by atoms with Gasteiger partial charge in [0.1, 0.15) is 17.2 Å². The lowest BCUT2D eigenvalue weighted by molar-refractivity contribution is -0.113. The Kier molecular flexibility index (Phi) is 9.18. The summed E-state index contributed by atoms with van der Waals surface area (Å²) in [5.41, 5.74) is 0.451. The van der Waals surface area contributed by atoms with E-state index < -0.39 is 6.10 Å². The van der Waals surface area contributed by atoms with E-state index in [1.165, 1.54) is 26.0 Å². The zero-order valence-corrected chi connectivity index (χ0v) is 22.0. The number of hydrogen-bond acceptors (Lipinski definition) is 7. The normalized spacial score (nSPS) is 11.7. The van der Waals surface area contributed by atoms with Crippen LogP contribution in [-0.2, 0) is 11.3 Å². The predicted molar refractivity (Wildman–Crippen MR) is 135 cm³/mol. The summed E-state index contributed by atoms with van der Waals surface area (Å²) in [6.45, 7) is 4.39. The summed E-state index contributed by atoms with van der Waals surface area (Å²) in [6, 6.07) is 8.19. The summed E-state index contributed by atoms with van der Waals surface area (Å²) < 4.78 is 18.4. The number of hydrogen-bond donors (Lipinski definition) is 1. The van der Waals surface area contributed by atoms with Gasteiger partial charge in [-0.1, -0.05) is 46.6 Å². The Morgan fingerprint density at radius 2 is 1.79 bits per heavy atom. The third-order valence-corrected chi connectivity index (χ3v) is 6.51. The van der Waals surface area contributed by atoms with Crippen LogP contribution in [0.25, 0.3) is 0 Å². The molecular formula is C22H23Cl3N4O4S. The van der Waals surface area contributed by atoms with Crippen molar-refractivity contribution < 1.29 is 19.0 Å². The molecule has 0 saturated heterocycles. The Balaban J connectivity index is 1.69. The number of halogens is 3. The second-order valence-corrected chi connectivity index (χ2v) is 9.14. The second kappa shape index (κ2) is 11.9. The third-order valence-electron chi connectivity index (χ3n) is 4.70. The van der Waals surface area contributed by atoms with Crippen molar-refractivity contribution in [3.8, 4) is 17.2 Å². The average molecular weight is 546 g/mol. The molecule has 12 heteroatoms. The van der Waals surface area contributed by atoms with Gasteiger partial charge in [-0.3, -0.25) is 4.79 Å². The topological polar surface area (TPSA) is 87.5 Å². The van der Waals surface area contributed by atoms with Gasteiger partial charge in [-0.2, -0.15) is 0 Å². The van der Waals surface area contributed by atoms with E-state index in [0.717, 1.165) is 0 Å². The van der Waals surface area contributed by atoms with E-state index in [1.807, 2.05) is 18.4 Å². The van der Waals surface area contributed by atoms with Crippen LogP contribution in [0.2, 0.25) is 15.1 Å². The van der Waals surface area contributed by atoms with Gasteiger partial charge in [0.25, 0.3) is 0 Å². The highest BCUT2D eigenvalue weighted by atomic mass is 35.5. The van der Waals surface area contributed by atoms with Crippen LogP contribution in [0.15, 0.2) is 35.5 Å². The molecule has 3 rings (SSSR count). The van der Waals surface area contributed by atoms with Crippen molar-refractivity contribution in [2.24, 2.45) is 0 Å². The summed E-state index contributed by atoms with van der Waals surface area (Å²) >= 11 is 19.6. The summed E-state index contributed by atoms with van der Waals surface area (Å²) in [4.78, 5) is 12.6. The molecule has 1 unspecified atom stereocenters. The molecule has 0 aliphatic heterocycles. The second-order valence-electron chi connectivity index (χ2n) is 6.94. The van der Waals surface area contributed by atoms with Gasteiger partial charge >= 0.3 is 0 Å². The van der Waals surface area contributed by atoms with Crippen LogP contribution in [0.3, 0.4) is 0 Å². The molecule has 0 aliphatic rings. The zero-order chi connectivity index (χ0) is 24.8. The van der Waals surface area contributed by atoms with E-state index >= 15 is 0 Å². The van der Waals surface area contributed by atoms with Gasteiger partial charge in [0.05, 0.1) is 35.7 Å². The lowest BCUT2D eigenvalue weighted by atomic mass is 10.2. The molecule has 34 heavy (non-hydrogen) atoms. The molecule has 1 atom stereocenters. The molecule has 8 nitrogen and oxygen atoms in total. The molecule has 0 saturated carbocycles. The molecule has 1 amide bonds. The first-order valence-electron chi connectivity index (χ1n) is 10.2. The van der Waals surface area contributed by atoms with Gasteiger partial charge in [0.2, 0.25) is 5.91 Å². The Bertz CT molecular complexity index is 1180. The molecule has 0 radical (unpaired) electrons. The molecule has 3 aromatic rings. The molecule has 1 heterocycles. The van der Waals surface area contributed by atoms with E-state index in [-0.39, 0.29) is 11.7 Å². The monoisotopic (exact) mass is 544 g/mol. The highest BCUT2D eigenvalue weighted by molar-refractivity contribution is 7.99. The SMILES string of the molecule is CCn1c(SCC(=O)Nc2cc(OC)c(Cl)cc2OC)nnc1C(C)Oc1cc(Cl)ccc1Cl. The quantitative estimate of drug-likeness (QED) is 0.306. The van der Waals surface area contributed by atoms with Gasteiger partial charge in [-0.05, 0) is 26.0 Å². The van der Waals surface area contributed by atoms with E-state index in [9.17, 15) is 4.79 Å². The van der Waals surface area contributed by atoms with Crippen molar-refractivity contribution in [1.29, 1.82) is 0 Å². The standard InChI is InChI=1S/C22H23Cl3N4O4S/c1-5-29-21(12(2)33-18-8-13(23)6-7-14(18)24)27-28-22(29)34-11-20(30)26-16-10-17(31-3)15(25)9-19(16)32-4/h6-10,12H,5,11H2,1-4H3,(H,26,30). The van der Waals surface area contributed by atoms with Crippen LogP contribution in [0.5, 0.6) is 17.2 Å². The van der Waals surface area contributed by atoms with Crippen molar-refractivity contribution >= 4 is 58.2 Å². The smallest absolute Gasteiger partial charge is 0.234 e. The lowest BCUT2D eigenvalue weighted by Crippen LogP contribution is -2.16. The highest BCUT2D eigenvalue weighted by Crippen LogP contribution is 2.36. The molecule has 0 spiro atoms. The fraction of sp³-hybridized carbons (Fsp3) is 0.318. The number of methoxy groups -OCH3 is 2. The Morgan fingerprint density at radius 3 is 2.47 bits per heavy atom. The maximum atomic E-state index is 12.6. The zero-order valence-electron chi connectivity index (χ0n) is 18.9. The Hall–Kier alpha value is -2.33. The van der Waals surface area contributed by atoms with Gasteiger partial charge in [0, 0.05) is 29.8 Å². The minimum absolute atomic E-state index is 0.0988.